The molecule has 0 aromatic heterocycles. The Labute approximate surface area is 95.8 Å². The molecule has 0 radical (unpaired) electrons. The molecular weight excluding hydrogens is 224 g/mol. The first-order valence-electron chi connectivity index (χ1n) is 5.00. The van der Waals surface area contributed by atoms with E-state index in [0.29, 0.717) is 11.8 Å². The molecule has 0 aliphatic heterocycles. The molecular formula is C10H8N4O3. The molecule has 17 heavy (non-hydrogen) atoms. The Hall–Kier alpha value is -2.40. The third-order valence-electron chi connectivity index (χ3n) is 2.67. The van der Waals surface area contributed by atoms with Crippen LogP contribution in [0.1, 0.15) is 34.7 Å². The third-order valence-corrected chi connectivity index (χ3v) is 2.67. The van der Waals surface area contributed by atoms with E-state index in [4.69, 9.17) is 5.53 Å². The number of benzene rings is 1. The van der Waals surface area contributed by atoms with E-state index in [0.717, 1.165) is 12.8 Å². The Morgan fingerprint density at radius 2 is 2.24 bits per heavy atom. The molecule has 1 aliphatic carbocycles. The van der Waals surface area contributed by atoms with E-state index < -0.39 is 4.92 Å². The van der Waals surface area contributed by atoms with Gasteiger partial charge in [-0.25, -0.2) is 0 Å². The summed E-state index contributed by atoms with van der Waals surface area (Å²) in [6, 6.07) is 2.62. The highest BCUT2D eigenvalue weighted by Gasteiger charge is 2.31. The fourth-order valence-corrected chi connectivity index (χ4v) is 1.72. The van der Waals surface area contributed by atoms with Crippen LogP contribution in [-0.2, 0) is 0 Å². The summed E-state index contributed by atoms with van der Waals surface area (Å²) < 4.78 is 0. The maximum Gasteiger partial charge on any atom is 0.273 e. The van der Waals surface area contributed by atoms with Crippen molar-refractivity contribution in [2.45, 2.75) is 18.8 Å². The summed E-state index contributed by atoms with van der Waals surface area (Å²) in [6.07, 6.45) is 2.22. The smallest absolute Gasteiger partial charge is 0.273 e. The highest BCUT2D eigenvalue weighted by Crippen LogP contribution is 2.46. The number of carbonyl (C=O) groups excluding carboxylic acids is 1. The standard InChI is InChI=1S/C10H8N4O3/c11-13-12-9-4-8(6-1-2-6)10(14(16)17)3-7(9)5-15/h3-6H,1-2H2. The van der Waals surface area contributed by atoms with Gasteiger partial charge in [-0.05, 0) is 30.4 Å². The average Bonchev–Trinajstić information content (AvgIpc) is 3.12. The minimum atomic E-state index is -0.513. The van der Waals surface area contributed by atoms with E-state index in [1.165, 1.54) is 12.1 Å². The van der Waals surface area contributed by atoms with Gasteiger partial charge in [-0.15, -0.1) is 0 Å². The largest absolute Gasteiger partial charge is 0.298 e. The molecule has 0 bridgehead atoms. The molecule has 7 nitrogen and oxygen atoms in total. The van der Waals surface area contributed by atoms with Crippen molar-refractivity contribution in [3.05, 3.63) is 43.8 Å². The van der Waals surface area contributed by atoms with Crippen molar-refractivity contribution in [2.24, 2.45) is 5.11 Å². The van der Waals surface area contributed by atoms with Crippen molar-refractivity contribution in [2.75, 3.05) is 0 Å². The van der Waals surface area contributed by atoms with Crippen LogP contribution in [-0.4, -0.2) is 11.2 Å². The molecule has 0 unspecified atom stereocenters. The monoisotopic (exact) mass is 232 g/mol. The highest BCUT2D eigenvalue weighted by molar-refractivity contribution is 5.85. The minimum absolute atomic E-state index is 0.0406. The van der Waals surface area contributed by atoms with Gasteiger partial charge in [0, 0.05) is 27.8 Å². The molecule has 1 aromatic carbocycles. The Morgan fingerprint density at radius 1 is 1.53 bits per heavy atom. The number of nitro groups is 1. The zero-order valence-electron chi connectivity index (χ0n) is 8.74. The first-order valence-corrected chi connectivity index (χ1v) is 5.00. The lowest BCUT2D eigenvalue weighted by Gasteiger charge is -2.04. The van der Waals surface area contributed by atoms with Crippen molar-refractivity contribution in [1.82, 2.24) is 0 Å². The van der Waals surface area contributed by atoms with Crippen molar-refractivity contribution in [3.63, 3.8) is 0 Å². The first kappa shape index (κ1) is 11.1. The fraction of sp³-hybridized carbons (Fsp3) is 0.300. The van der Waals surface area contributed by atoms with Gasteiger partial charge in [0.2, 0.25) is 0 Å². The quantitative estimate of drug-likeness (QED) is 0.198. The lowest BCUT2D eigenvalue weighted by Crippen LogP contribution is -1.96. The first-order chi connectivity index (χ1) is 8.17. The van der Waals surface area contributed by atoms with Crippen LogP contribution >= 0.6 is 0 Å². The van der Waals surface area contributed by atoms with Crippen LogP contribution < -0.4 is 0 Å². The number of hydrogen-bond acceptors (Lipinski definition) is 4. The molecule has 0 saturated heterocycles. The zero-order chi connectivity index (χ0) is 12.4. The number of nitro benzene ring substituents is 1. The van der Waals surface area contributed by atoms with Gasteiger partial charge in [-0.1, -0.05) is 5.11 Å². The molecule has 86 valence electrons. The highest BCUT2D eigenvalue weighted by atomic mass is 16.6. The van der Waals surface area contributed by atoms with Crippen molar-refractivity contribution in [3.8, 4) is 0 Å². The Kier molecular flexibility index (Phi) is 2.76. The zero-order valence-corrected chi connectivity index (χ0v) is 8.74. The van der Waals surface area contributed by atoms with Gasteiger partial charge < -0.3 is 0 Å². The van der Waals surface area contributed by atoms with Crippen LogP contribution in [0.5, 0.6) is 0 Å². The lowest BCUT2D eigenvalue weighted by molar-refractivity contribution is -0.385. The summed E-state index contributed by atoms with van der Waals surface area (Å²) in [6.45, 7) is 0. The van der Waals surface area contributed by atoms with Crippen molar-refractivity contribution in [1.29, 1.82) is 0 Å². The van der Waals surface area contributed by atoms with E-state index >= 15 is 0 Å². The fourth-order valence-electron chi connectivity index (χ4n) is 1.72. The number of azide groups is 1. The van der Waals surface area contributed by atoms with E-state index in [9.17, 15) is 14.9 Å². The number of aldehydes is 1. The molecule has 0 spiro atoms. The Bertz CT molecular complexity index is 545. The van der Waals surface area contributed by atoms with Gasteiger partial charge in [0.25, 0.3) is 5.69 Å². The summed E-state index contributed by atoms with van der Waals surface area (Å²) in [5.74, 6) is 0.142. The number of hydrogen-bond donors (Lipinski definition) is 0. The summed E-state index contributed by atoms with van der Waals surface area (Å²) in [5.41, 5.74) is 9.03. The number of carbonyl (C=O) groups is 1. The van der Waals surface area contributed by atoms with Crippen LogP contribution in [0.25, 0.3) is 10.4 Å². The topological polar surface area (TPSA) is 109 Å². The molecule has 2 rings (SSSR count). The summed E-state index contributed by atoms with van der Waals surface area (Å²) in [5, 5.41) is 14.3. The predicted molar refractivity (Wildman–Crippen MR) is 59.3 cm³/mol. The second kappa shape index (κ2) is 4.23. The van der Waals surface area contributed by atoms with E-state index in [1.807, 2.05) is 0 Å². The van der Waals surface area contributed by atoms with Crippen LogP contribution in [0.15, 0.2) is 17.2 Å². The Balaban J connectivity index is 2.63. The molecule has 1 aliphatic rings. The van der Waals surface area contributed by atoms with E-state index in [1.54, 1.807) is 0 Å². The molecule has 0 amide bonds. The number of rotatable bonds is 4. The van der Waals surface area contributed by atoms with Crippen LogP contribution in [0, 0.1) is 10.1 Å². The summed E-state index contributed by atoms with van der Waals surface area (Å²) in [7, 11) is 0. The summed E-state index contributed by atoms with van der Waals surface area (Å²) in [4.78, 5) is 23.7. The maximum atomic E-state index is 10.9. The predicted octanol–water partition coefficient (Wildman–Crippen LogP) is 3.23. The molecule has 1 aromatic rings. The minimum Gasteiger partial charge on any atom is -0.298 e. The molecule has 0 N–H and O–H groups in total. The van der Waals surface area contributed by atoms with Gasteiger partial charge >= 0.3 is 0 Å². The molecule has 0 atom stereocenters. The van der Waals surface area contributed by atoms with Crippen LogP contribution in [0.4, 0.5) is 11.4 Å². The van der Waals surface area contributed by atoms with E-state index in [2.05, 4.69) is 10.0 Å². The Morgan fingerprint density at radius 3 is 2.71 bits per heavy atom. The molecule has 7 heteroatoms. The van der Waals surface area contributed by atoms with Gasteiger partial charge in [0.1, 0.15) is 0 Å². The van der Waals surface area contributed by atoms with Gasteiger partial charge in [0.15, 0.2) is 6.29 Å². The number of nitrogens with zero attached hydrogens (tertiary/aromatic N) is 4. The van der Waals surface area contributed by atoms with Gasteiger partial charge in [-0.2, -0.15) is 0 Å². The normalized spacial score (nSPS) is 13.9. The second-order valence-corrected chi connectivity index (χ2v) is 3.81. The summed E-state index contributed by atoms with van der Waals surface area (Å²) >= 11 is 0. The lowest BCUT2D eigenvalue weighted by atomic mass is 10.0. The van der Waals surface area contributed by atoms with E-state index in [-0.39, 0.29) is 22.9 Å². The molecule has 1 saturated carbocycles. The second-order valence-electron chi connectivity index (χ2n) is 3.81. The van der Waals surface area contributed by atoms with Crippen molar-refractivity contribution >= 4 is 17.7 Å². The van der Waals surface area contributed by atoms with Crippen molar-refractivity contribution < 1.29 is 9.72 Å². The van der Waals surface area contributed by atoms with Crippen LogP contribution in [0.3, 0.4) is 0 Å². The van der Waals surface area contributed by atoms with Gasteiger partial charge in [-0.3, -0.25) is 14.9 Å². The maximum absolute atomic E-state index is 10.9. The SMILES string of the molecule is [N-]=[N+]=Nc1cc(C2CC2)c([N+](=O)[O-])cc1C=O. The average molecular weight is 232 g/mol. The van der Waals surface area contributed by atoms with Crippen LogP contribution in [0.2, 0.25) is 0 Å². The molecule has 0 heterocycles. The third kappa shape index (κ3) is 2.09. The van der Waals surface area contributed by atoms with Gasteiger partial charge in [0.05, 0.1) is 4.92 Å². The molecule has 1 fully saturated rings.